The molecule has 1 saturated carbocycles. The van der Waals surface area contributed by atoms with E-state index >= 15 is 0 Å². The average Bonchev–Trinajstić information content (AvgIpc) is 2.37. The van der Waals surface area contributed by atoms with E-state index < -0.39 is 6.10 Å². The van der Waals surface area contributed by atoms with Gasteiger partial charge in [0.2, 0.25) is 0 Å². The van der Waals surface area contributed by atoms with Crippen molar-refractivity contribution < 1.29 is 14.9 Å². The zero-order valence-electron chi connectivity index (χ0n) is 10.7. The van der Waals surface area contributed by atoms with Crippen LogP contribution in [0.5, 0.6) is 5.75 Å². The minimum atomic E-state index is -0.657. The van der Waals surface area contributed by atoms with Gasteiger partial charge in [-0.1, -0.05) is 18.2 Å². The molecule has 0 radical (unpaired) electrons. The summed E-state index contributed by atoms with van der Waals surface area (Å²) >= 11 is 0. The third-order valence-electron chi connectivity index (χ3n) is 3.57. The maximum atomic E-state index is 9.26. The highest BCUT2D eigenvalue weighted by molar-refractivity contribution is 5.37. The third kappa shape index (κ3) is 3.02. The Morgan fingerprint density at radius 3 is 2.78 bits per heavy atom. The highest BCUT2D eigenvalue weighted by Gasteiger charge is 2.31. The van der Waals surface area contributed by atoms with Gasteiger partial charge < -0.3 is 20.3 Å². The zero-order chi connectivity index (χ0) is 13.0. The molecule has 18 heavy (non-hydrogen) atoms. The number of benzene rings is 1. The number of nitrogens with one attached hydrogen (secondary N) is 1. The molecule has 1 atom stereocenters. The van der Waals surface area contributed by atoms with Crippen molar-refractivity contribution in [1.82, 2.24) is 5.32 Å². The summed E-state index contributed by atoms with van der Waals surface area (Å²) in [6.07, 6.45) is 1.45. The smallest absolute Gasteiger partial charge is 0.122 e. The third-order valence-corrected chi connectivity index (χ3v) is 3.57. The summed E-state index contributed by atoms with van der Waals surface area (Å²) < 4.78 is 5.36. The van der Waals surface area contributed by atoms with Crippen molar-refractivity contribution in [2.45, 2.75) is 30.9 Å². The Morgan fingerprint density at radius 1 is 1.39 bits per heavy atom. The molecule has 0 amide bonds. The summed E-state index contributed by atoms with van der Waals surface area (Å²) in [6, 6.07) is 8.55. The quantitative estimate of drug-likeness (QED) is 0.702. The van der Waals surface area contributed by atoms with Crippen LogP contribution >= 0.6 is 0 Å². The standard InChI is InChI=1S/C14H21NO3/c1-18-14-5-3-2-4-13(14)10-6-11(7-10)15-8-12(17)9-16/h2-5,10-12,15-17H,6-9H2,1H3. The fourth-order valence-electron chi connectivity index (χ4n) is 2.41. The van der Waals surface area contributed by atoms with Crippen LogP contribution in [0.3, 0.4) is 0 Å². The van der Waals surface area contributed by atoms with Gasteiger partial charge in [0.05, 0.1) is 19.8 Å². The number of ether oxygens (including phenoxy) is 1. The number of rotatable bonds is 6. The summed E-state index contributed by atoms with van der Waals surface area (Å²) in [5.74, 6) is 1.49. The highest BCUT2D eigenvalue weighted by Crippen LogP contribution is 2.40. The van der Waals surface area contributed by atoms with Crippen molar-refractivity contribution in [3.05, 3.63) is 29.8 Å². The van der Waals surface area contributed by atoms with E-state index in [1.165, 1.54) is 5.56 Å². The van der Waals surface area contributed by atoms with Gasteiger partial charge in [0, 0.05) is 12.6 Å². The molecule has 0 saturated heterocycles. The first-order valence-corrected chi connectivity index (χ1v) is 6.39. The predicted octanol–water partition coefficient (Wildman–Crippen LogP) is 0.884. The monoisotopic (exact) mass is 251 g/mol. The lowest BCUT2D eigenvalue weighted by atomic mass is 9.75. The molecular formula is C14H21NO3. The van der Waals surface area contributed by atoms with Gasteiger partial charge >= 0.3 is 0 Å². The van der Waals surface area contributed by atoms with Gasteiger partial charge in [-0.15, -0.1) is 0 Å². The number of aliphatic hydroxyl groups excluding tert-OH is 2. The summed E-state index contributed by atoms with van der Waals surface area (Å²) in [5.41, 5.74) is 1.26. The second-order valence-corrected chi connectivity index (χ2v) is 4.85. The molecule has 0 bridgehead atoms. The molecule has 4 nitrogen and oxygen atoms in total. The Balaban J connectivity index is 1.81. The molecule has 1 aliphatic carbocycles. The lowest BCUT2D eigenvalue weighted by Gasteiger charge is -2.37. The van der Waals surface area contributed by atoms with E-state index in [1.807, 2.05) is 18.2 Å². The van der Waals surface area contributed by atoms with E-state index in [-0.39, 0.29) is 6.61 Å². The molecule has 0 spiro atoms. The molecule has 3 N–H and O–H groups in total. The van der Waals surface area contributed by atoms with Gasteiger partial charge in [0.1, 0.15) is 5.75 Å². The van der Waals surface area contributed by atoms with Gasteiger partial charge in [-0.05, 0) is 30.4 Å². The Morgan fingerprint density at radius 2 is 2.11 bits per heavy atom. The van der Waals surface area contributed by atoms with E-state index in [4.69, 9.17) is 9.84 Å². The van der Waals surface area contributed by atoms with Crippen molar-refractivity contribution in [2.24, 2.45) is 0 Å². The Bertz CT molecular complexity index is 377. The van der Waals surface area contributed by atoms with Crippen LogP contribution in [0.15, 0.2) is 24.3 Å². The van der Waals surface area contributed by atoms with Gasteiger partial charge in [-0.3, -0.25) is 0 Å². The van der Waals surface area contributed by atoms with Crippen LogP contribution < -0.4 is 10.1 Å². The topological polar surface area (TPSA) is 61.7 Å². The first-order valence-electron chi connectivity index (χ1n) is 6.39. The molecule has 2 rings (SSSR count). The molecule has 0 aliphatic heterocycles. The zero-order valence-corrected chi connectivity index (χ0v) is 10.7. The molecule has 1 aromatic rings. The van der Waals surface area contributed by atoms with Gasteiger partial charge in [0.15, 0.2) is 0 Å². The number of methoxy groups -OCH3 is 1. The summed E-state index contributed by atoms with van der Waals surface area (Å²) in [6.45, 7) is 0.273. The highest BCUT2D eigenvalue weighted by atomic mass is 16.5. The SMILES string of the molecule is COc1ccccc1C1CC(NCC(O)CO)C1. The fourth-order valence-corrected chi connectivity index (χ4v) is 2.41. The van der Waals surface area contributed by atoms with Crippen LogP contribution in [0.1, 0.15) is 24.3 Å². The largest absolute Gasteiger partial charge is 0.496 e. The number of aliphatic hydroxyl groups is 2. The molecule has 1 fully saturated rings. The molecule has 100 valence electrons. The van der Waals surface area contributed by atoms with Crippen LogP contribution in [0, 0.1) is 0 Å². The number of para-hydroxylation sites is 1. The van der Waals surface area contributed by atoms with Gasteiger partial charge in [-0.25, -0.2) is 0 Å². The van der Waals surface area contributed by atoms with E-state index in [1.54, 1.807) is 7.11 Å². The van der Waals surface area contributed by atoms with Crippen molar-refractivity contribution in [1.29, 1.82) is 0 Å². The predicted molar refractivity (Wildman–Crippen MR) is 69.9 cm³/mol. The maximum absolute atomic E-state index is 9.26. The minimum absolute atomic E-state index is 0.185. The van der Waals surface area contributed by atoms with Crippen molar-refractivity contribution in [2.75, 3.05) is 20.3 Å². The first-order chi connectivity index (χ1) is 8.74. The fraction of sp³-hybridized carbons (Fsp3) is 0.571. The molecule has 1 aliphatic rings. The molecule has 4 heteroatoms. The van der Waals surface area contributed by atoms with Crippen molar-refractivity contribution >= 4 is 0 Å². The number of hydrogen-bond donors (Lipinski definition) is 3. The maximum Gasteiger partial charge on any atom is 0.122 e. The summed E-state index contributed by atoms with van der Waals surface area (Å²) in [4.78, 5) is 0. The first kappa shape index (κ1) is 13.3. The van der Waals surface area contributed by atoms with Crippen molar-refractivity contribution in [3.8, 4) is 5.75 Å². The van der Waals surface area contributed by atoms with Crippen LogP contribution in [0.4, 0.5) is 0 Å². The van der Waals surface area contributed by atoms with Crippen LogP contribution in [0.2, 0.25) is 0 Å². The lowest BCUT2D eigenvalue weighted by molar-refractivity contribution is 0.0872. The second kappa shape index (κ2) is 6.18. The normalized spacial score (nSPS) is 24.4. The lowest BCUT2D eigenvalue weighted by Crippen LogP contribution is -2.44. The summed E-state index contributed by atoms with van der Waals surface area (Å²) in [7, 11) is 1.70. The van der Waals surface area contributed by atoms with Gasteiger partial charge in [-0.2, -0.15) is 0 Å². The molecule has 1 aromatic carbocycles. The van der Waals surface area contributed by atoms with E-state index in [0.29, 0.717) is 18.5 Å². The molecule has 0 aromatic heterocycles. The van der Waals surface area contributed by atoms with E-state index in [2.05, 4.69) is 11.4 Å². The Kier molecular flexibility index (Phi) is 4.58. The van der Waals surface area contributed by atoms with Crippen LogP contribution in [0.25, 0.3) is 0 Å². The summed E-state index contributed by atoms with van der Waals surface area (Å²) in [5, 5.41) is 21.2. The molecule has 1 unspecified atom stereocenters. The van der Waals surface area contributed by atoms with Gasteiger partial charge in [0.25, 0.3) is 0 Å². The number of hydrogen-bond acceptors (Lipinski definition) is 4. The minimum Gasteiger partial charge on any atom is -0.496 e. The van der Waals surface area contributed by atoms with E-state index in [0.717, 1.165) is 18.6 Å². The van der Waals surface area contributed by atoms with Crippen LogP contribution in [-0.4, -0.2) is 42.6 Å². The second-order valence-electron chi connectivity index (χ2n) is 4.85. The Hall–Kier alpha value is -1.10. The van der Waals surface area contributed by atoms with Crippen LogP contribution in [-0.2, 0) is 0 Å². The molecule has 0 heterocycles. The van der Waals surface area contributed by atoms with E-state index in [9.17, 15) is 5.11 Å². The molecular weight excluding hydrogens is 230 g/mol. The Labute approximate surface area is 108 Å². The average molecular weight is 251 g/mol. The van der Waals surface area contributed by atoms with Crippen molar-refractivity contribution in [3.63, 3.8) is 0 Å².